The molecule has 0 radical (unpaired) electrons. The number of amides is 1. The second kappa shape index (κ2) is 9.79. The van der Waals surface area contributed by atoms with Crippen molar-refractivity contribution in [2.75, 3.05) is 32.6 Å². The van der Waals surface area contributed by atoms with Crippen molar-refractivity contribution >= 4 is 22.2 Å². The maximum absolute atomic E-state index is 12.8. The first-order valence-corrected chi connectivity index (χ1v) is 11.7. The van der Waals surface area contributed by atoms with Gasteiger partial charge in [0.2, 0.25) is 0 Å². The fourth-order valence-electron chi connectivity index (χ4n) is 4.31. The SMILES string of the molecule is COc1ccc(OC)c(C(c2cc(C)sc2NC(=O)c2ccco2)N2CCC(C)CC2)c1. The number of anilines is 1. The Kier molecular flexibility index (Phi) is 6.86. The lowest BCUT2D eigenvalue weighted by Crippen LogP contribution is -2.37. The van der Waals surface area contributed by atoms with Crippen molar-refractivity contribution in [2.45, 2.75) is 32.7 Å². The highest BCUT2D eigenvalue weighted by atomic mass is 32.1. The van der Waals surface area contributed by atoms with Crippen molar-refractivity contribution in [1.29, 1.82) is 0 Å². The van der Waals surface area contributed by atoms with Crippen LogP contribution in [0.2, 0.25) is 0 Å². The number of rotatable bonds is 7. The van der Waals surface area contributed by atoms with Crippen LogP contribution in [0.15, 0.2) is 47.1 Å². The Morgan fingerprint density at radius 3 is 2.59 bits per heavy atom. The van der Waals surface area contributed by atoms with Crippen LogP contribution in [0, 0.1) is 12.8 Å². The molecule has 1 aliphatic rings. The number of hydrogen-bond donors (Lipinski definition) is 1. The van der Waals surface area contributed by atoms with Gasteiger partial charge in [0, 0.05) is 16.0 Å². The van der Waals surface area contributed by atoms with Gasteiger partial charge in [-0.1, -0.05) is 6.92 Å². The Hall–Kier alpha value is -2.77. The predicted molar refractivity (Wildman–Crippen MR) is 127 cm³/mol. The van der Waals surface area contributed by atoms with Gasteiger partial charge in [0.05, 0.1) is 26.5 Å². The molecule has 1 fully saturated rings. The van der Waals surface area contributed by atoms with Crippen LogP contribution in [0.3, 0.4) is 0 Å². The smallest absolute Gasteiger partial charge is 0.291 e. The Bertz CT molecular complexity index is 1050. The van der Waals surface area contributed by atoms with Crippen LogP contribution in [0.1, 0.15) is 52.4 Å². The lowest BCUT2D eigenvalue weighted by Gasteiger charge is -2.37. The summed E-state index contributed by atoms with van der Waals surface area (Å²) in [6, 6.07) is 11.4. The topological polar surface area (TPSA) is 63.9 Å². The van der Waals surface area contributed by atoms with E-state index in [1.807, 2.05) is 18.2 Å². The molecule has 0 bridgehead atoms. The van der Waals surface area contributed by atoms with Gasteiger partial charge in [-0.3, -0.25) is 9.69 Å². The molecule has 2 aromatic heterocycles. The van der Waals surface area contributed by atoms with Gasteiger partial charge >= 0.3 is 0 Å². The average molecular weight is 455 g/mol. The predicted octanol–water partition coefficient (Wildman–Crippen LogP) is 5.74. The molecule has 3 heterocycles. The number of nitrogens with one attached hydrogen (secondary N) is 1. The van der Waals surface area contributed by atoms with Crippen LogP contribution < -0.4 is 14.8 Å². The Morgan fingerprint density at radius 1 is 1.16 bits per heavy atom. The summed E-state index contributed by atoms with van der Waals surface area (Å²) in [6.45, 7) is 6.33. The lowest BCUT2D eigenvalue weighted by atomic mass is 9.92. The molecule has 1 aliphatic heterocycles. The molecule has 170 valence electrons. The average Bonchev–Trinajstić information content (AvgIpc) is 3.45. The van der Waals surface area contributed by atoms with E-state index in [2.05, 4.69) is 30.1 Å². The molecule has 1 unspecified atom stereocenters. The number of nitrogens with zero attached hydrogens (tertiary/aromatic N) is 1. The number of piperidine rings is 1. The van der Waals surface area contributed by atoms with Crippen LogP contribution >= 0.6 is 11.3 Å². The minimum atomic E-state index is -0.248. The Labute approximate surface area is 193 Å². The first-order valence-electron chi connectivity index (χ1n) is 10.9. The molecule has 4 rings (SSSR count). The largest absolute Gasteiger partial charge is 0.497 e. The molecule has 7 heteroatoms. The van der Waals surface area contributed by atoms with Crippen LogP contribution in [-0.4, -0.2) is 38.1 Å². The van der Waals surface area contributed by atoms with Crippen LogP contribution in [-0.2, 0) is 0 Å². The van der Waals surface area contributed by atoms with Gasteiger partial charge < -0.3 is 19.2 Å². The summed E-state index contributed by atoms with van der Waals surface area (Å²) < 4.78 is 16.6. The van der Waals surface area contributed by atoms with E-state index >= 15 is 0 Å². The fraction of sp³-hybridized carbons (Fsp3) is 0.400. The fourth-order valence-corrected chi connectivity index (χ4v) is 5.25. The van der Waals surface area contributed by atoms with Gasteiger partial charge in [0.1, 0.15) is 16.5 Å². The first-order chi connectivity index (χ1) is 15.5. The highest BCUT2D eigenvalue weighted by Crippen LogP contribution is 2.44. The molecule has 1 N–H and O–H groups in total. The number of likely N-dealkylation sites (tertiary alicyclic amines) is 1. The summed E-state index contributed by atoms with van der Waals surface area (Å²) in [5.41, 5.74) is 2.10. The van der Waals surface area contributed by atoms with Gasteiger partial charge in [-0.2, -0.15) is 0 Å². The molecular weight excluding hydrogens is 424 g/mol. The van der Waals surface area contributed by atoms with Gasteiger partial charge in [0.15, 0.2) is 5.76 Å². The maximum Gasteiger partial charge on any atom is 0.291 e. The molecule has 3 aromatic rings. The van der Waals surface area contributed by atoms with Gasteiger partial charge in [-0.25, -0.2) is 0 Å². The van der Waals surface area contributed by atoms with Crippen LogP contribution in [0.5, 0.6) is 11.5 Å². The van der Waals surface area contributed by atoms with Crippen molar-refractivity contribution in [3.8, 4) is 11.5 Å². The van der Waals surface area contributed by atoms with Crippen molar-refractivity contribution < 1.29 is 18.7 Å². The van der Waals surface area contributed by atoms with Crippen molar-refractivity contribution in [3.63, 3.8) is 0 Å². The zero-order valence-corrected chi connectivity index (χ0v) is 19.8. The van der Waals surface area contributed by atoms with Gasteiger partial charge in [0.25, 0.3) is 5.91 Å². The summed E-state index contributed by atoms with van der Waals surface area (Å²) >= 11 is 1.58. The minimum absolute atomic E-state index is 0.0654. The van der Waals surface area contributed by atoms with Crippen LogP contribution in [0.25, 0.3) is 0 Å². The molecular formula is C25H30N2O4S. The minimum Gasteiger partial charge on any atom is -0.497 e. The standard InChI is InChI=1S/C25H30N2O4S/c1-16-9-11-27(12-10-16)23(19-15-18(29-3)7-8-21(19)30-4)20-14-17(2)32-25(20)26-24(28)22-6-5-13-31-22/h5-8,13-16,23H,9-12H2,1-4H3,(H,26,28). The second-order valence-corrected chi connectivity index (χ2v) is 9.56. The van der Waals surface area contributed by atoms with Gasteiger partial charge in [-0.05, 0) is 75.2 Å². The number of methoxy groups -OCH3 is 2. The summed E-state index contributed by atoms with van der Waals surface area (Å²) in [7, 11) is 3.37. The first kappa shape index (κ1) is 22.4. The van der Waals surface area contributed by atoms with E-state index < -0.39 is 0 Å². The monoisotopic (exact) mass is 454 g/mol. The summed E-state index contributed by atoms with van der Waals surface area (Å²) in [6.07, 6.45) is 3.79. The molecule has 1 atom stereocenters. The van der Waals surface area contributed by atoms with Crippen molar-refractivity contribution in [1.82, 2.24) is 4.90 Å². The molecule has 0 aliphatic carbocycles. The molecule has 0 spiro atoms. The summed E-state index contributed by atoms with van der Waals surface area (Å²) in [5, 5.41) is 3.92. The number of aryl methyl sites for hydroxylation is 1. The van der Waals surface area contributed by atoms with E-state index in [1.54, 1.807) is 37.7 Å². The molecule has 32 heavy (non-hydrogen) atoms. The van der Waals surface area contributed by atoms with Gasteiger partial charge in [-0.15, -0.1) is 11.3 Å². The van der Waals surface area contributed by atoms with E-state index in [9.17, 15) is 4.79 Å². The van der Waals surface area contributed by atoms with Crippen molar-refractivity contribution in [3.05, 3.63) is 64.4 Å². The molecule has 6 nitrogen and oxygen atoms in total. The van der Waals surface area contributed by atoms with E-state index in [4.69, 9.17) is 13.9 Å². The Morgan fingerprint density at radius 2 is 1.94 bits per heavy atom. The molecule has 1 aromatic carbocycles. The number of hydrogen-bond acceptors (Lipinski definition) is 6. The van der Waals surface area contributed by atoms with E-state index in [-0.39, 0.29) is 11.9 Å². The highest BCUT2D eigenvalue weighted by Gasteiger charge is 2.32. The van der Waals surface area contributed by atoms with E-state index in [1.165, 1.54) is 6.26 Å². The third-order valence-corrected chi connectivity index (χ3v) is 7.05. The van der Waals surface area contributed by atoms with Crippen LogP contribution in [0.4, 0.5) is 5.00 Å². The molecule has 1 amide bonds. The van der Waals surface area contributed by atoms with E-state index in [0.29, 0.717) is 11.7 Å². The summed E-state index contributed by atoms with van der Waals surface area (Å²) in [4.78, 5) is 16.4. The number of benzene rings is 1. The zero-order valence-electron chi connectivity index (χ0n) is 19.0. The third kappa shape index (κ3) is 4.69. The molecule has 1 saturated heterocycles. The summed E-state index contributed by atoms with van der Waals surface area (Å²) in [5.74, 6) is 2.35. The highest BCUT2D eigenvalue weighted by molar-refractivity contribution is 7.16. The van der Waals surface area contributed by atoms with E-state index in [0.717, 1.165) is 58.4 Å². The lowest BCUT2D eigenvalue weighted by molar-refractivity contribution is 0.0996. The number of ether oxygens (including phenoxy) is 2. The molecule has 0 saturated carbocycles. The number of furan rings is 1. The maximum atomic E-state index is 12.8. The Balaban J connectivity index is 1.79. The quantitative estimate of drug-likeness (QED) is 0.493. The number of carbonyl (C=O) groups is 1. The zero-order chi connectivity index (χ0) is 22.7. The number of carbonyl (C=O) groups excluding carboxylic acids is 1. The number of thiophene rings is 1. The van der Waals surface area contributed by atoms with Crippen molar-refractivity contribution in [2.24, 2.45) is 5.92 Å². The second-order valence-electron chi connectivity index (χ2n) is 8.30. The third-order valence-electron chi connectivity index (χ3n) is 6.07. The normalized spacial score (nSPS) is 16.0.